The molecule has 0 bridgehead atoms. The Labute approximate surface area is 318 Å². The van der Waals surface area contributed by atoms with E-state index in [2.05, 4.69) is 192 Å². The number of hydrogen-bond acceptors (Lipinski definition) is 1. The van der Waals surface area contributed by atoms with Gasteiger partial charge in [-0.1, -0.05) is 158 Å². The quantitative estimate of drug-likeness (QED) is 0.179. The molecular formula is C53H32N2. The summed E-state index contributed by atoms with van der Waals surface area (Å²) in [5.41, 5.74) is 16.3. The van der Waals surface area contributed by atoms with Crippen LogP contribution in [0.1, 0.15) is 0 Å². The van der Waals surface area contributed by atoms with E-state index in [0.717, 1.165) is 11.1 Å². The molecule has 0 fully saturated rings. The van der Waals surface area contributed by atoms with Crippen molar-refractivity contribution < 1.29 is 0 Å². The third-order valence-electron chi connectivity index (χ3n) is 11.8. The summed E-state index contributed by atoms with van der Waals surface area (Å²) in [5.74, 6) is 0. The van der Waals surface area contributed by atoms with Gasteiger partial charge in [-0.05, 0) is 101 Å². The minimum Gasteiger partial charge on any atom is -0.309 e. The van der Waals surface area contributed by atoms with Gasteiger partial charge < -0.3 is 4.57 Å². The van der Waals surface area contributed by atoms with E-state index in [0.29, 0.717) is 0 Å². The van der Waals surface area contributed by atoms with E-state index in [4.69, 9.17) is 0 Å². The highest BCUT2D eigenvalue weighted by Crippen LogP contribution is 2.58. The lowest BCUT2D eigenvalue weighted by Gasteiger charge is -2.20. The Kier molecular flexibility index (Phi) is 6.37. The van der Waals surface area contributed by atoms with Crippen molar-refractivity contribution in [3.63, 3.8) is 0 Å². The Morgan fingerprint density at radius 1 is 0.364 bits per heavy atom. The molecule has 0 radical (unpaired) electrons. The molecule has 0 saturated heterocycles. The summed E-state index contributed by atoms with van der Waals surface area (Å²) in [6.45, 7) is 0. The van der Waals surface area contributed by atoms with Gasteiger partial charge in [0.1, 0.15) is 0 Å². The number of nitrogens with zero attached hydrogens (tertiary/aromatic N) is 2. The van der Waals surface area contributed by atoms with Gasteiger partial charge in [-0.3, -0.25) is 4.98 Å². The van der Waals surface area contributed by atoms with E-state index < -0.39 is 0 Å². The van der Waals surface area contributed by atoms with E-state index in [9.17, 15) is 0 Å². The van der Waals surface area contributed by atoms with Gasteiger partial charge in [0.15, 0.2) is 0 Å². The van der Waals surface area contributed by atoms with E-state index in [1.807, 2.05) is 12.4 Å². The van der Waals surface area contributed by atoms with Crippen LogP contribution in [0.5, 0.6) is 0 Å². The van der Waals surface area contributed by atoms with Gasteiger partial charge in [0.05, 0.1) is 11.0 Å². The van der Waals surface area contributed by atoms with Crippen LogP contribution in [0.15, 0.2) is 194 Å². The van der Waals surface area contributed by atoms with Crippen LogP contribution in [0.3, 0.4) is 0 Å². The van der Waals surface area contributed by atoms with Crippen LogP contribution in [0, 0.1) is 0 Å². The van der Waals surface area contributed by atoms with Gasteiger partial charge in [0.2, 0.25) is 0 Å². The molecule has 0 spiro atoms. The standard InChI is InChI=1S/C53H32N2/c1-3-13-33(14-4-1)48-42-20-7-8-21-43(42)49(34-15-5-2-6-16-34)52-46-28-27-38(41-22-12-23-45(50(41)46)51(48)52)35-17-11-18-37(31-35)55-47-24-10-9-19-40(47)44-26-25-36-32-54-30-29-39(36)53(44)55/h1-32H. The van der Waals surface area contributed by atoms with Gasteiger partial charge in [-0.25, -0.2) is 0 Å². The second-order valence-corrected chi connectivity index (χ2v) is 14.6. The van der Waals surface area contributed by atoms with E-state index in [1.54, 1.807) is 0 Å². The highest BCUT2D eigenvalue weighted by molar-refractivity contribution is 6.29. The molecule has 12 rings (SSSR count). The zero-order chi connectivity index (χ0) is 36.0. The van der Waals surface area contributed by atoms with Crippen molar-refractivity contribution >= 4 is 54.1 Å². The number of rotatable bonds is 4. The Hall–Kier alpha value is -7.29. The minimum atomic E-state index is 1.14. The molecule has 2 nitrogen and oxygen atoms in total. The predicted octanol–water partition coefficient (Wildman–Crippen LogP) is 14.3. The number of fused-ring (bicyclic) bond motifs is 9. The third-order valence-corrected chi connectivity index (χ3v) is 11.8. The fourth-order valence-corrected chi connectivity index (χ4v) is 9.57. The van der Waals surface area contributed by atoms with Crippen LogP contribution in [0.2, 0.25) is 0 Å². The van der Waals surface area contributed by atoms with Crippen molar-refractivity contribution in [2.45, 2.75) is 0 Å². The largest absolute Gasteiger partial charge is 0.309 e. The summed E-state index contributed by atoms with van der Waals surface area (Å²) in [4.78, 5) is 4.44. The lowest BCUT2D eigenvalue weighted by Crippen LogP contribution is -1.95. The monoisotopic (exact) mass is 696 g/mol. The number of para-hydroxylation sites is 1. The first-order valence-electron chi connectivity index (χ1n) is 19.0. The fourth-order valence-electron chi connectivity index (χ4n) is 9.57. The normalized spacial score (nSPS) is 12.0. The number of aromatic nitrogens is 2. The molecule has 11 aromatic rings. The maximum atomic E-state index is 4.44. The highest BCUT2D eigenvalue weighted by Gasteiger charge is 2.31. The summed E-state index contributed by atoms with van der Waals surface area (Å²) in [7, 11) is 0. The van der Waals surface area contributed by atoms with Gasteiger partial charge in [0.25, 0.3) is 0 Å². The lowest BCUT2D eigenvalue weighted by atomic mass is 9.82. The van der Waals surface area contributed by atoms with Crippen molar-refractivity contribution in [2.24, 2.45) is 0 Å². The summed E-state index contributed by atoms with van der Waals surface area (Å²) < 4.78 is 2.44. The molecule has 0 aliphatic heterocycles. The maximum Gasteiger partial charge on any atom is 0.0620 e. The molecule has 0 saturated carbocycles. The topological polar surface area (TPSA) is 17.8 Å². The second-order valence-electron chi connectivity index (χ2n) is 14.6. The van der Waals surface area contributed by atoms with Crippen LogP contribution >= 0.6 is 0 Å². The van der Waals surface area contributed by atoms with Crippen molar-refractivity contribution in [3.05, 3.63) is 194 Å². The summed E-state index contributed by atoms with van der Waals surface area (Å²) in [5, 5.41) is 9.98. The molecule has 0 atom stereocenters. The van der Waals surface area contributed by atoms with Crippen molar-refractivity contribution in [1.29, 1.82) is 0 Å². The van der Waals surface area contributed by atoms with Crippen molar-refractivity contribution in [3.8, 4) is 61.3 Å². The SMILES string of the molecule is c1ccc(-c2c3c(c(-c4ccccc4)c4ccccc24)-c2ccc(-c4cccc(-n5c6ccccc6c6ccc7cnccc7c65)c4)c4cccc-3c24)cc1. The zero-order valence-corrected chi connectivity index (χ0v) is 29.9. The fraction of sp³-hybridized carbons (Fsp3) is 0. The zero-order valence-electron chi connectivity index (χ0n) is 29.9. The van der Waals surface area contributed by atoms with Gasteiger partial charge in [-0.2, -0.15) is 0 Å². The highest BCUT2D eigenvalue weighted by atomic mass is 15.0. The third kappa shape index (κ3) is 4.28. The van der Waals surface area contributed by atoms with Crippen LogP contribution in [0.4, 0.5) is 0 Å². The van der Waals surface area contributed by atoms with Gasteiger partial charge in [0, 0.05) is 39.6 Å². The van der Waals surface area contributed by atoms with E-state index in [-0.39, 0.29) is 0 Å². The Morgan fingerprint density at radius 2 is 0.964 bits per heavy atom. The molecule has 1 aliphatic rings. The number of benzene rings is 9. The maximum absolute atomic E-state index is 4.44. The Morgan fingerprint density at radius 3 is 1.71 bits per heavy atom. The summed E-state index contributed by atoms with van der Waals surface area (Å²) in [6, 6.07) is 67.0. The summed E-state index contributed by atoms with van der Waals surface area (Å²) >= 11 is 0. The lowest BCUT2D eigenvalue weighted by molar-refractivity contribution is 1.19. The summed E-state index contributed by atoms with van der Waals surface area (Å²) in [6.07, 6.45) is 3.87. The van der Waals surface area contributed by atoms with Crippen LogP contribution < -0.4 is 0 Å². The first-order chi connectivity index (χ1) is 27.3. The molecular weight excluding hydrogens is 665 g/mol. The van der Waals surface area contributed by atoms with Gasteiger partial charge >= 0.3 is 0 Å². The van der Waals surface area contributed by atoms with Crippen LogP contribution in [0.25, 0.3) is 115 Å². The molecule has 1 aliphatic carbocycles. The van der Waals surface area contributed by atoms with Crippen LogP contribution in [-0.4, -0.2) is 9.55 Å². The molecule has 0 unspecified atom stereocenters. The first kappa shape index (κ1) is 30.2. The average Bonchev–Trinajstić information content (AvgIpc) is 3.78. The van der Waals surface area contributed by atoms with Crippen LogP contribution in [-0.2, 0) is 0 Å². The molecule has 2 heterocycles. The molecule has 2 heteroatoms. The minimum absolute atomic E-state index is 1.14. The Bertz CT molecular complexity index is 3260. The molecule has 254 valence electrons. The smallest absolute Gasteiger partial charge is 0.0620 e. The second kappa shape index (κ2) is 11.6. The van der Waals surface area contributed by atoms with E-state index in [1.165, 1.54) is 104 Å². The van der Waals surface area contributed by atoms with Crippen molar-refractivity contribution in [2.75, 3.05) is 0 Å². The number of hydrogen-bond donors (Lipinski definition) is 0. The first-order valence-corrected chi connectivity index (χ1v) is 19.0. The molecule has 0 N–H and O–H groups in total. The Balaban J connectivity index is 1.14. The number of pyridine rings is 1. The molecule has 0 amide bonds. The van der Waals surface area contributed by atoms with Crippen molar-refractivity contribution in [1.82, 2.24) is 9.55 Å². The predicted molar refractivity (Wildman–Crippen MR) is 232 cm³/mol. The average molecular weight is 697 g/mol. The molecule has 55 heavy (non-hydrogen) atoms. The van der Waals surface area contributed by atoms with E-state index >= 15 is 0 Å². The van der Waals surface area contributed by atoms with Gasteiger partial charge in [-0.15, -0.1) is 0 Å². The molecule has 9 aromatic carbocycles. The molecule has 2 aromatic heterocycles.